The van der Waals surface area contributed by atoms with Gasteiger partial charge >= 0.3 is 0 Å². The van der Waals surface area contributed by atoms with Gasteiger partial charge in [0.05, 0.1) is 26.7 Å². The molecule has 0 spiro atoms. The third-order valence-electron chi connectivity index (χ3n) is 6.82. The van der Waals surface area contributed by atoms with Gasteiger partial charge in [0.25, 0.3) is 30.4 Å². The van der Waals surface area contributed by atoms with E-state index in [9.17, 15) is 48.5 Å². The van der Waals surface area contributed by atoms with Gasteiger partial charge in [0.1, 0.15) is 4.90 Å². The maximum absolute atomic E-state index is 14.0. The Labute approximate surface area is 234 Å². The molecular formula is C24H23N3O11S3. The van der Waals surface area contributed by atoms with Crippen LogP contribution in [0.1, 0.15) is 48.5 Å². The molecule has 4 rings (SSSR count). The maximum atomic E-state index is 14.0. The van der Waals surface area contributed by atoms with E-state index in [-0.39, 0.29) is 28.8 Å². The summed E-state index contributed by atoms with van der Waals surface area (Å²) in [6.07, 6.45) is 0. The average molecular weight is 626 g/mol. The maximum Gasteiger partial charge on any atom is 0.298 e. The van der Waals surface area contributed by atoms with Gasteiger partial charge in [-0.15, -0.1) is 0 Å². The van der Waals surface area contributed by atoms with Gasteiger partial charge in [0.2, 0.25) is 0 Å². The van der Waals surface area contributed by atoms with Gasteiger partial charge in [-0.3, -0.25) is 23.2 Å². The molecule has 0 amide bonds. The van der Waals surface area contributed by atoms with E-state index in [4.69, 9.17) is 11.5 Å². The minimum Gasteiger partial charge on any atom is -0.397 e. The number of nitrogens with two attached hydrogens (primary N) is 2. The van der Waals surface area contributed by atoms with Crippen LogP contribution in [0.3, 0.4) is 0 Å². The first-order valence-corrected chi connectivity index (χ1v) is 15.7. The highest BCUT2D eigenvalue weighted by atomic mass is 32.2. The van der Waals surface area contributed by atoms with Crippen molar-refractivity contribution < 1.29 is 48.5 Å². The van der Waals surface area contributed by atoms with Crippen molar-refractivity contribution in [3.63, 3.8) is 0 Å². The van der Waals surface area contributed by atoms with Crippen molar-refractivity contribution in [2.75, 3.05) is 18.5 Å². The molecule has 8 N–H and O–H groups in total. The molecule has 14 nitrogen and oxygen atoms in total. The van der Waals surface area contributed by atoms with Crippen molar-refractivity contribution >= 4 is 53.3 Å². The van der Waals surface area contributed by atoms with E-state index in [1.54, 1.807) is 0 Å². The van der Waals surface area contributed by atoms with E-state index in [2.05, 4.69) is 5.32 Å². The second kappa shape index (κ2) is 9.69. The molecule has 1 aliphatic rings. The van der Waals surface area contributed by atoms with Gasteiger partial charge in [-0.05, 0) is 67.4 Å². The smallest absolute Gasteiger partial charge is 0.298 e. The first-order chi connectivity index (χ1) is 18.7. The van der Waals surface area contributed by atoms with E-state index in [1.807, 2.05) is 0 Å². The van der Waals surface area contributed by atoms with Crippen LogP contribution in [0, 0.1) is 13.8 Å². The lowest BCUT2D eigenvalue weighted by Crippen LogP contribution is -2.27. The number of carbonyl (C=O) groups excluding carboxylic acids is 2. The summed E-state index contributed by atoms with van der Waals surface area (Å²) in [6, 6.07) is 3.66. The number of carbonyl (C=O) groups is 2. The molecule has 3 aromatic rings. The zero-order chi connectivity index (χ0) is 31.0. The standard InChI is InChI=1S/C24H23N3O11S3/c1-9-11(8-27-3)6-15(40(33,34)35)10(2)16(9)17-18-19(21(26)24(20(17)25)41(36,37)38)22(28)13-5-4-12(39(30,31)32)7-14(13)23(18)29/h4-7,27H,8,25-26H2,1-3H3,(H,30,31,32)(H,33,34,35)(H,36,37,38). The zero-order valence-electron chi connectivity index (χ0n) is 21.5. The average Bonchev–Trinajstić information content (AvgIpc) is 2.83. The fourth-order valence-electron chi connectivity index (χ4n) is 5.06. The topological polar surface area (TPSA) is 261 Å². The number of ketones is 2. The van der Waals surface area contributed by atoms with Crippen LogP contribution in [0.4, 0.5) is 11.4 Å². The van der Waals surface area contributed by atoms with Gasteiger partial charge in [-0.1, -0.05) is 0 Å². The van der Waals surface area contributed by atoms with Crippen LogP contribution in [0.25, 0.3) is 11.1 Å². The Morgan fingerprint density at radius 1 is 0.707 bits per heavy atom. The molecule has 218 valence electrons. The van der Waals surface area contributed by atoms with Crippen molar-refractivity contribution in [2.24, 2.45) is 0 Å². The predicted molar refractivity (Wildman–Crippen MR) is 146 cm³/mol. The molecule has 0 aromatic heterocycles. The summed E-state index contributed by atoms with van der Waals surface area (Å²) in [5.41, 5.74) is 8.04. The van der Waals surface area contributed by atoms with Crippen LogP contribution in [0.2, 0.25) is 0 Å². The summed E-state index contributed by atoms with van der Waals surface area (Å²) in [7, 11) is -13.5. The number of hydrogen-bond acceptors (Lipinski definition) is 11. The van der Waals surface area contributed by atoms with E-state index < -0.39 is 95.8 Å². The third kappa shape index (κ3) is 4.80. The highest BCUT2D eigenvalue weighted by Crippen LogP contribution is 2.48. The molecule has 0 bridgehead atoms. The predicted octanol–water partition coefficient (Wildman–Crippen LogP) is 1.37. The van der Waals surface area contributed by atoms with Crippen molar-refractivity contribution in [1.82, 2.24) is 5.32 Å². The number of anilines is 2. The second-order valence-electron chi connectivity index (χ2n) is 9.26. The molecule has 0 heterocycles. The Morgan fingerprint density at radius 2 is 1.27 bits per heavy atom. The lowest BCUT2D eigenvalue weighted by atomic mass is 9.77. The molecule has 1 aliphatic carbocycles. The number of rotatable bonds is 6. The van der Waals surface area contributed by atoms with E-state index in [0.29, 0.717) is 0 Å². The largest absolute Gasteiger partial charge is 0.397 e. The van der Waals surface area contributed by atoms with E-state index in [1.165, 1.54) is 20.9 Å². The zero-order valence-corrected chi connectivity index (χ0v) is 24.0. The molecule has 0 aliphatic heterocycles. The van der Waals surface area contributed by atoms with Crippen LogP contribution in [0.5, 0.6) is 0 Å². The quantitative estimate of drug-likeness (QED) is 0.131. The summed E-state index contributed by atoms with van der Waals surface area (Å²) >= 11 is 0. The van der Waals surface area contributed by atoms with Crippen LogP contribution in [-0.4, -0.2) is 57.5 Å². The van der Waals surface area contributed by atoms with Gasteiger partial charge in [0.15, 0.2) is 11.6 Å². The molecular weight excluding hydrogens is 602 g/mol. The van der Waals surface area contributed by atoms with Crippen molar-refractivity contribution in [3.05, 3.63) is 63.2 Å². The summed E-state index contributed by atoms with van der Waals surface area (Å²) in [4.78, 5) is 25.2. The molecule has 0 radical (unpaired) electrons. The number of nitrogen functional groups attached to an aromatic ring is 2. The Morgan fingerprint density at radius 3 is 1.78 bits per heavy atom. The highest BCUT2D eigenvalue weighted by molar-refractivity contribution is 7.86. The second-order valence-corrected chi connectivity index (χ2v) is 13.4. The molecule has 0 fully saturated rings. The Kier molecular flexibility index (Phi) is 7.15. The molecule has 0 atom stereocenters. The van der Waals surface area contributed by atoms with Gasteiger partial charge in [-0.2, -0.15) is 25.3 Å². The van der Waals surface area contributed by atoms with Crippen LogP contribution in [-0.2, 0) is 36.9 Å². The Hall–Kier alpha value is -3.71. The minimum absolute atomic E-state index is 0.0251. The number of hydrogen-bond donors (Lipinski definition) is 6. The molecule has 3 aromatic carbocycles. The number of fused-ring (bicyclic) bond motifs is 2. The van der Waals surface area contributed by atoms with Gasteiger partial charge in [-0.25, -0.2) is 0 Å². The van der Waals surface area contributed by atoms with Crippen molar-refractivity contribution in [2.45, 2.75) is 35.1 Å². The van der Waals surface area contributed by atoms with Crippen molar-refractivity contribution in [3.8, 4) is 11.1 Å². The van der Waals surface area contributed by atoms with Gasteiger partial charge in [0, 0.05) is 28.8 Å². The molecule has 0 unspecified atom stereocenters. The summed E-state index contributed by atoms with van der Waals surface area (Å²) in [5, 5.41) is 2.81. The summed E-state index contributed by atoms with van der Waals surface area (Å²) in [6.45, 7) is 2.75. The first-order valence-electron chi connectivity index (χ1n) is 11.4. The van der Waals surface area contributed by atoms with E-state index >= 15 is 0 Å². The molecule has 0 saturated carbocycles. The molecule has 41 heavy (non-hydrogen) atoms. The fraction of sp³-hybridized carbons (Fsp3) is 0.167. The third-order valence-corrected chi connectivity index (χ3v) is 9.61. The Balaban J connectivity index is 2.31. The molecule has 0 saturated heterocycles. The lowest BCUT2D eigenvalue weighted by Gasteiger charge is -2.27. The fourth-order valence-corrected chi connectivity index (χ4v) is 7.11. The molecule has 17 heteroatoms. The first kappa shape index (κ1) is 30.3. The van der Waals surface area contributed by atoms with Crippen LogP contribution < -0.4 is 16.8 Å². The Bertz CT molecular complexity index is 2050. The van der Waals surface area contributed by atoms with Crippen molar-refractivity contribution in [1.29, 1.82) is 0 Å². The highest BCUT2D eigenvalue weighted by Gasteiger charge is 2.40. The lowest BCUT2D eigenvalue weighted by molar-refractivity contribution is 0.0979. The summed E-state index contributed by atoms with van der Waals surface area (Å²) < 4.78 is 103. The SMILES string of the molecule is CNCc1cc(S(=O)(=O)O)c(C)c(-c2c(N)c(S(=O)(=O)O)c(N)c3c2C(=O)c2cc(S(=O)(=O)O)ccc2C3=O)c1C. The van der Waals surface area contributed by atoms with Gasteiger partial charge < -0.3 is 16.8 Å². The monoisotopic (exact) mass is 625 g/mol. The minimum atomic E-state index is -5.26. The van der Waals surface area contributed by atoms with Crippen LogP contribution in [0.15, 0.2) is 39.0 Å². The summed E-state index contributed by atoms with van der Waals surface area (Å²) in [5.74, 6) is -2.11. The van der Waals surface area contributed by atoms with E-state index in [0.717, 1.165) is 24.3 Å². The number of nitrogens with one attached hydrogen (secondary N) is 1. The van der Waals surface area contributed by atoms with Crippen LogP contribution >= 0.6 is 0 Å². The normalized spacial score (nSPS) is 13.7. The number of benzene rings is 3.